The molecule has 1 saturated heterocycles. The molecule has 1 N–H and O–H groups in total. The Balaban J connectivity index is 1.95. The van der Waals surface area contributed by atoms with Crippen molar-refractivity contribution in [3.63, 3.8) is 0 Å². The molecule has 0 bridgehead atoms. The maximum atomic E-state index is 12.3. The molecule has 0 aromatic heterocycles. The highest BCUT2D eigenvalue weighted by Gasteiger charge is 2.31. The maximum absolute atomic E-state index is 12.3. The fourth-order valence-electron chi connectivity index (χ4n) is 2.43. The van der Waals surface area contributed by atoms with Crippen molar-refractivity contribution >= 4 is 0 Å². The van der Waals surface area contributed by atoms with Gasteiger partial charge in [-0.2, -0.15) is 0 Å². The van der Waals surface area contributed by atoms with Crippen molar-refractivity contribution in [2.24, 2.45) is 0 Å². The molecule has 1 heterocycles. The van der Waals surface area contributed by atoms with Crippen molar-refractivity contribution < 1.29 is 17.9 Å². The molecule has 1 fully saturated rings. The van der Waals surface area contributed by atoms with E-state index >= 15 is 0 Å². The second kappa shape index (κ2) is 6.28. The van der Waals surface area contributed by atoms with Crippen LogP contribution in [0.2, 0.25) is 0 Å². The highest BCUT2D eigenvalue weighted by molar-refractivity contribution is 5.33. The van der Waals surface area contributed by atoms with E-state index in [4.69, 9.17) is 0 Å². The molecule has 2 nitrogen and oxygen atoms in total. The molecule has 1 atom stereocenters. The van der Waals surface area contributed by atoms with E-state index in [9.17, 15) is 13.2 Å². The van der Waals surface area contributed by atoms with Gasteiger partial charge >= 0.3 is 6.36 Å². The van der Waals surface area contributed by atoms with E-state index in [1.807, 2.05) is 0 Å². The van der Waals surface area contributed by atoms with E-state index in [2.05, 4.69) is 10.1 Å². The first-order valence-electron chi connectivity index (χ1n) is 6.61. The smallest absolute Gasteiger partial charge is 0.406 e. The molecule has 0 radical (unpaired) electrons. The van der Waals surface area contributed by atoms with Gasteiger partial charge in [-0.05, 0) is 43.9 Å². The van der Waals surface area contributed by atoms with Crippen LogP contribution in [0.15, 0.2) is 24.3 Å². The summed E-state index contributed by atoms with van der Waals surface area (Å²) in [4.78, 5) is 0. The molecule has 5 heteroatoms. The van der Waals surface area contributed by atoms with Crippen LogP contribution >= 0.6 is 0 Å². The number of alkyl halides is 3. The van der Waals surface area contributed by atoms with Crippen molar-refractivity contribution in [2.75, 3.05) is 6.54 Å². The Labute approximate surface area is 111 Å². The van der Waals surface area contributed by atoms with Crippen LogP contribution in [0.3, 0.4) is 0 Å². The average molecular weight is 273 g/mol. The fraction of sp³-hybridized carbons (Fsp3) is 0.571. The lowest BCUT2D eigenvalue weighted by Gasteiger charge is -2.23. The number of piperidine rings is 1. The number of rotatable bonds is 4. The predicted octanol–water partition coefficient (Wildman–Crippen LogP) is 3.66. The SMILES string of the molecule is FC(F)(F)Oc1ccccc1CCC1CCCCN1. The Bertz CT molecular complexity index is 400. The summed E-state index contributed by atoms with van der Waals surface area (Å²) in [6.45, 7) is 1.01. The number of benzene rings is 1. The summed E-state index contributed by atoms with van der Waals surface area (Å²) in [7, 11) is 0. The zero-order valence-corrected chi connectivity index (χ0v) is 10.7. The van der Waals surface area contributed by atoms with Gasteiger partial charge in [0.2, 0.25) is 0 Å². The summed E-state index contributed by atoms with van der Waals surface area (Å²) in [6, 6.07) is 6.78. The number of hydrogen-bond donors (Lipinski definition) is 1. The number of aryl methyl sites for hydroxylation is 1. The van der Waals surface area contributed by atoms with Crippen LogP contribution in [0.1, 0.15) is 31.2 Å². The quantitative estimate of drug-likeness (QED) is 0.904. The minimum Gasteiger partial charge on any atom is -0.406 e. The first-order valence-corrected chi connectivity index (χ1v) is 6.61. The average Bonchev–Trinajstić information content (AvgIpc) is 2.37. The number of ether oxygens (including phenoxy) is 1. The molecule has 0 amide bonds. The zero-order chi connectivity index (χ0) is 13.7. The second-order valence-electron chi connectivity index (χ2n) is 4.84. The van der Waals surface area contributed by atoms with E-state index in [1.165, 1.54) is 18.9 Å². The molecule has 19 heavy (non-hydrogen) atoms. The van der Waals surface area contributed by atoms with Crippen molar-refractivity contribution in [1.82, 2.24) is 5.32 Å². The van der Waals surface area contributed by atoms with Crippen LogP contribution in [0.5, 0.6) is 5.75 Å². The van der Waals surface area contributed by atoms with Gasteiger partial charge < -0.3 is 10.1 Å². The van der Waals surface area contributed by atoms with Gasteiger partial charge in [0.05, 0.1) is 0 Å². The number of halogens is 3. The summed E-state index contributed by atoms with van der Waals surface area (Å²) < 4.78 is 40.9. The van der Waals surface area contributed by atoms with Crippen LogP contribution in [-0.4, -0.2) is 18.9 Å². The third-order valence-electron chi connectivity index (χ3n) is 3.37. The third-order valence-corrected chi connectivity index (χ3v) is 3.37. The summed E-state index contributed by atoms with van der Waals surface area (Å²) in [5, 5.41) is 3.39. The lowest BCUT2D eigenvalue weighted by Crippen LogP contribution is -2.34. The Morgan fingerprint density at radius 1 is 1.21 bits per heavy atom. The lowest BCUT2D eigenvalue weighted by molar-refractivity contribution is -0.274. The van der Waals surface area contributed by atoms with Gasteiger partial charge in [-0.1, -0.05) is 24.6 Å². The normalized spacial score (nSPS) is 20.3. The van der Waals surface area contributed by atoms with E-state index in [1.54, 1.807) is 18.2 Å². The monoisotopic (exact) mass is 273 g/mol. The molecule has 0 spiro atoms. The highest BCUT2D eigenvalue weighted by Crippen LogP contribution is 2.27. The molecule has 1 aliphatic rings. The second-order valence-corrected chi connectivity index (χ2v) is 4.84. The molecule has 106 valence electrons. The van der Waals surface area contributed by atoms with Crippen LogP contribution < -0.4 is 10.1 Å². The Hall–Kier alpha value is -1.23. The van der Waals surface area contributed by atoms with Gasteiger partial charge in [0.1, 0.15) is 5.75 Å². The van der Waals surface area contributed by atoms with Crippen LogP contribution in [0, 0.1) is 0 Å². The summed E-state index contributed by atoms with van der Waals surface area (Å²) in [5.74, 6) is -0.0780. The summed E-state index contributed by atoms with van der Waals surface area (Å²) >= 11 is 0. The van der Waals surface area contributed by atoms with Gasteiger partial charge in [-0.15, -0.1) is 13.2 Å². The molecular formula is C14H18F3NO. The molecule has 0 saturated carbocycles. The van der Waals surface area contributed by atoms with Crippen LogP contribution in [-0.2, 0) is 6.42 Å². The topological polar surface area (TPSA) is 21.3 Å². The molecule has 1 aliphatic heterocycles. The fourth-order valence-corrected chi connectivity index (χ4v) is 2.43. The maximum Gasteiger partial charge on any atom is 0.573 e. The first-order chi connectivity index (χ1) is 9.04. The lowest BCUT2D eigenvalue weighted by atomic mass is 9.97. The van der Waals surface area contributed by atoms with Gasteiger partial charge in [0.25, 0.3) is 0 Å². The van der Waals surface area contributed by atoms with Crippen LogP contribution in [0.4, 0.5) is 13.2 Å². The molecular weight excluding hydrogens is 255 g/mol. The number of para-hydroxylation sites is 1. The van der Waals surface area contributed by atoms with Gasteiger partial charge in [-0.3, -0.25) is 0 Å². The Kier molecular flexibility index (Phi) is 4.69. The van der Waals surface area contributed by atoms with Crippen molar-refractivity contribution in [3.8, 4) is 5.75 Å². The van der Waals surface area contributed by atoms with Crippen LogP contribution in [0.25, 0.3) is 0 Å². The largest absolute Gasteiger partial charge is 0.573 e. The van der Waals surface area contributed by atoms with E-state index in [0.29, 0.717) is 18.0 Å². The molecule has 2 rings (SSSR count). The van der Waals surface area contributed by atoms with Crippen molar-refractivity contribution in [2.45, 2.75) is 44.5 Å². The van der Waals surface area contributed by atoms with Crippen molar-refractivity contribution in [3.05, 3.63) is 29.8 Å². The molecule has 1 aromatic carbocycles. The molecule has 0 aliphatic carbocycles. The minimum atomic E-state index is -4.63. The zero-order valence-electron chi connectivity index (χ0n) is 10.7. The number of nitrogens with one attached hydrogen (secondary N) is 1. The molecule has 1 unspecified atom stereocenters. The third kappa shape index (κ3) is 4.74. The Morgan fingerprint density at radius 3 is 2.68 bits per heavy atom. The van der Waals surface area contributed by atoms with Gasteiger partial charge in [0, 0.05) is 6.04 Å². The van der Waals surface area contributed by atoms with Gasteiger partial charge in [0.15, 0.2) is 0 Å². The summed E-state index contributed by atoms with van der Waals surface area (Å²) in [6.07, 6.45) is 0.298. The predicted molar refractivity (Wildman–Crippen MR) is 67.1 cm³/mol. The van der Waals surface area contributed by atoms with Crippen molar-refractivity contribution in [1.29, 1.82) is 0 Å². The Morgan fingerprint density at radius 2 is 2.00 bits per heavy atom. The highest BCUT2D eigenvalue weighted by atomic mass is 19.4. The summed E-state index contributed by atoms with van der Waals surface area (Å²) in [5.41, 5.74) is 0.618. The van der Waals surface area contributed by atoms with Gasteiger partial charge in [-0.25, -0.2) is 0 Å². The van der Waals surface area contributed by atoms with E-state index in [0.717, 1.165) is 19.4 Å². The minimum absolute atomic E-state index is 0.0780. The first kappa shape index (κ1) is 14.2. The standard InChI is InChI=1S/C14H18F3NO/c15-14(16,17)19-13-7-2-1-5-11(13)8-9-12-6-3-4-10-18-12/h1-2,5,7,12,18H,3-4,6,8-10H2. The number of hydrogen-bond acceptors (Lipinski definition) is 2. The van der Waals surface area contributed by atoms with E-state index < -0.39 is 6.36 Å². The molecule has 1 aromatic rings. The van der Waals surface area contributed by atoms with E-state index in [-0.39, 0.29) is 5.75 Å².